The van der Waals surface area contributed by atoms with Crippen molar-refractivity contribution in [3.63, 3.8) is 0 Å². The van der Waals surface area contributed by atoms with E-state index >= 15 is 0 Å². The Labute approximate surface area is 129 Å². The molecule has 0 N–H and O–H groups in total. The van der Waals surface area contributed by atoms with Gasteiger partial charge in [0.1, 0.15) is 10.7 Å². The standard InChI is InChI=1S/C16H12FS3/c1-18-16-14(11-5-3-2-4-6-11)15(19-20-16)12-7-9-13(17)10-8-12/h2-10H,1H3/q+1. The van der Waals surface area contributed by atoms with Crippen LogP contribution in [-0.4, -0.2) is 6.26 Å². The van der Waals surface area contributed by atoms with E-state index in [9.17, 15) is 4.39 Å². The minimum Gasteiger partial charge on any atom is -0.207 e. The highest BCUT2D eigenvalue weighted by atomic mass is 32.9. The second-order valence-corrected chi connectivity index (χ2v) is 7.46. The Balaban J connectivity index is 2.17. The second-order valence-electron chi connectivity index (χ2n) is 4.24. The summed E-state index contributed by atoms with van der Waals surface area (Å²) in [4.78, 5) is 1.21. The Bertz CT molecular complexity index is 702. The normalized spacial score (nSPS) is 10.7. The molecule has 3 rings (SSSR count). The van der Waals surface area contributed by atoms with Crippen LogP contribution in [0.25, 0.3) is 21.6 Å². The van der Waals surface area contributed by atoms with Gasteiger partial charge < -0.3 is 0 Å². The number of thioether (sulfide) groups is 1. The first-order chi connectivity index (χ1) is 9.79. The Morgan fingerprint density at radius 2 is 1.65 bits per heavy atom. The summed E-state index contributed by atoms with van der Waals surface area (Å²) in [7, 11) is 3.53. The van der Waals surface area contributed by atoms with Crippen molar-refractivity contribution in [2.75, 3.05) is 6.26 Å². The van der Waals surface area contributed by atoms with Crippen LogP contribution in [0.4, 0.5) is 4.39 Å². The van der Waals surface area contributed by atoms with E-state index in [-0.39, 0.29) is 5.82 Å². The van der Waals surface area contributed by atoms with Crippen LogP contribution < -0.4 is 0 Å². The summed E-state index contributed by atoms with van der Waals surface area (Å²) in [6.07, 6.45) is 2.10. The van der Waals surface area contributed by atoms with E-state index in [4.69, 9.17) is 0 Å². The van der Waals surface area contributed by atoms with Gasteiger partial charge in [-0.05, 0) is 29.5 Å². The molecule has 20 heavy (non-hydrogen) atoms. The number of rotatable bonds is 3. The third-order valence-electron chi connectivity index (χ3n) is 2.99. The summed E-state index contributed by atoms with van der Waals surface area (Å²) < 4.78 is 14.4. The summed E-state index contributed by atoms with van der Waals surface area (Å²) in [6, 6.07) is 17.1. The van der Waals surface area contributed by atoms with Crippen LogP contribution >= 0.6 is 32.4 Å². The summed E-state index contributed by atoms with van der Waals surface area (Å²) in [5, 5.41) is 0. The van der Waals surface area contributed by atoms with Crippen LogP contribution in [0.2, 0.25) is 0 Å². The van der Waals surface area contributed by atoms with Crippen LogP contribution in [0.1, 0.15) is 0 Å². The smallest absolute Gasteiger partial charge is 0.207 e. The van der Waals surface area contributed by atoms with Crippen molar-refractivity contribution in [3.8, 4) is 21.6 Å². The molecule has 0 unspecified atom stereocenters. The van der Waals surface area contributed by atoms with E-state index in [0.717, 1.165) is 5.56 Å². The quantitative estimate of drug-likeness (QED) is 0.311. The van der Waals surface area contributed by atoms with Crippen LogP contribution in [0.15, 0.2) is 58.8 Å². The van der Waals surface area contributed by atoms with Crippen molar-refractivity contribution < 1.29 is 4.39 Å². The molecule has 0 aliphatic heterocycles. The molecule has 3 aromatic rings. The van der Waals surface area contributed by atoms with Gasteiger partial charge in [0.25, 0.3) is 4.21 Å². The van der Waals surface area contributed by atoms with Crippen LogP contribution in [-0.2, 0) is 0 Å². The van der Waals surface area contributed by atoms with Gasteiger partial charge in [0, 0.05) is 0 Å². The first-order valence-corrected chi connectivity index (χ1v) is 9.48. The molecule has 0 saturated carbocycles. The molecule has 0 aliphatic rings. The van der Waals surface area contributed by atoms with Crippen molar-refractivity contribution in [3.05, 3.63) is 60.4 Å². The SMILES string of the molecule is CSc1[s+]sc(-c2ccc(F)cc2)c1-c1ccccc1. The van der Waals surface area contributed by atoms with E-state index < -0.39 is 0 Å². The Morgan fingerprint density at radius 3 is 2.30 bits per heavy atom. The lowest BCUT2D eigenvalue weighted by Gasteiger charge is -2.02. The molecular formula is C16H12FS3+. The summed E-state index contributed by atoms with van der Waals surface area (Å²) in [6.45, 7) is 0. The Hall–Kier alpha value is -1.23. The van der Waals surface area contributed by atoms with E-state index in [2.05, 4.69) is 30.5 Å². The first-order valence-electron chi connectivity index (χ1n) is 6.11. The van der Waals surface area contributed by atoms with Crippen molar-refractivity contribution >= 4 is 32.4 Å². The minimum absolute atomic E-state index is 0.194. The molecule has 0 fully saturated rings. The van der Waals surface area contributed by atoms with Gasteiger partial charge in [0.2, 0.25) is 0 Å². The zero-order chi connectivity index (χ0) is 13.9. The molecule has 0 aliphatic carbocycles. The first kappa shape index (κ1) is 13.7. The monoisotopic (exact) mass is 319 g/mol. The fourth-order valence-electron chi connectivity index (χ4n) is 2.04. The van der Waals surface area contributed by atoms with E-state index in [1.165, 1.54) is 32.3 Å². The molecule has 0 amide bonds. The molecule has 1 heterocycles. The Morgan fingerprint density at radius 1 is 0.950 bits per heavy atom. The number of hydrogen-bond acceptors (Lipinski definition) is 2. The maximum atomic E-state index is 13.1. The van der Waals surface area contributed by atoms with Gasteiger partial charge in [-0.25, -0.2) is 4.39 Å². The summed E-state index contributed by atoms with van der Waals surface area (Å²) in [5.74, 6) is -0.194. The second kappa shape index (κ2) is 6.04. The van der Waals surface area contributed by atoms with Crippen molar-refractivity contribution in [2.45, 2.75) is 4.21 Å². The third kappa shape index (κ3) is 2.64. The lowest BCUT2D eigenvalue weighted by Crippen LogP contribution is -1.82. The van der Waals surface area contributed by atoms with E-state index in [1.807, 2.05) is 18.2 Å². The van der Waals surface area contributed by atoms with Gasteiger partial charge in [0.15, 0.2) is 10.3 Å². The molecule has 4 heteroatoms. The van der Waals surface area contributed by atoms with E-state index in [1.54, 1.807) is 32.4 Å². The van der Waals surface area contributed by atoms with Crippen LogP contribution in [0.3, 0.4) is 0 Å². The molecule has 0 nitrogen and oxygen atoms in total. The van der Waals surface area contributed by atoms with Crippen molar-refractivity contribution in [1.82, 2.24) is 0 Å². The summed E-state index contributed by atoms with van der Waals surface area (Å²) in [5.41, 5.74) is 3.56. The fraction of sp³-hybridized carbons (Fsp3) is 0.0625. The largest absolute Gasteiger partial charge is 0.308 e. The van der Waals surface area contributed by atoms with Gasteiger partial charge in [-0.3, -0.25) is 0 Å². The zero-order valence-electron chi connectivity index (χ0n) is 10.8. The molecule has 100 valence electrons. The number of hydrogen-bond donors (Lipinski definition) is 0. The highest BCUT2D eigenvalue weighted by molar-refractivity contribution is 8.02. The highest BCUT2D eigenvalue weighted by Crippen LogP contribution is 2.47. The Kier molecular flexibility index (Phi) is 4.15. The molecule has 0 bridgehead atoms. The van der Waals surface area contributed by atoms with Gasteiger partial charge >= 0.3 is 10.3 Å². The molecule has 0 radical (unpaired) electrons. The minimum atomic E-state index is -0.194. The van der Waals surface area contributed by atoms with Gasteiger partial charge in [0.05, 0.1) is 5.56 Å². The zero-order valence-corrected chi connectivity index (χ0v) is 13.2. The predicted molar refractivity (Wildman–Crippen MR) is 89.2 cm³/mol. The topological polar surface area (TPSA) is 0 Å². The molecule has 0 saturated heterocycles. The average Bonchev–Trinajstić information content (AvgIpc) is 2.93. The van der Waals surface area contributed by atoms with E-state index in [0.29, 0.717) is 0 Å². The fourth-order valence-corrected chi connectivity index (χ4v) is 6.05. The maximum Gasteiger partial charge on any atom is 0.308 e. The van der Waals surface area contributed by atoms with Crippen LogP contribution in [0.5, 0.6) is 0 Å². The summed E-state index contributed by atoms with van der Waals surface area (Å²) >= 11 is 1.76. The molecule has 1 aromatic heterocycles. The number of benzene rings is 2. The lowest BCUT2D eigenvalue weighted by atomic mass is 10.0. The molecule has 2 aromatic carbocycles. The van der Waals surface area contributed by atoms with Crippen LogP contribution in [0, 0.1) is 5.82 Å². The predicted octanol–water partition coefficient (Wildman–Crippen LogP) is 6.29. The van der Waals surface area contributed by atoms with Gasteiger partial charge in [-0.2, -0.15) is 0 Å². The lowest BCUT2D eigenvalue weighted by molar-refractivity contribution is 0.628. The maximum absolute atomic E-state index is 13.1. The molecular weight excluding hydrogens is 307 g/mol. The van der Waals surface area contributed by atoms with Crippen molar-refractivity contribution in [1.29, 1.82) is 0 Å². The molecule has 0 spiro atoms. The molecule has 0 atom stereocenters. The van der Waals surface area contributed by atoms with Crippen molar-refractivity contribution in [2.24, 2.45) is 0 Å². The number of halogens is 1. The van der Waals surface area contributed by atoms with Gasteiger partial charge in [-0.1, -0.05) is 54.2 Å². The van der Waals surface area contributed by atoms with Gasteiger partial charge in [-0.15, -0.1) is 0 Å². The average molecular weight is 319 g/mol. The highest BCUT2D eigenvalue weighted by Gasteiger charge is 2.25. The third-order valence-corrected chi connectivity index (χ3v) is 6.92.